The lowest BCUT2D eigenvalue weighted by atomic mass is 10.1. The number of ether oxygens (including phenoxy) is 2. The van der Waals surface area contributed by atoms with E-state index in [1.807, 2.05) is 66.7 Å². The fourth-order valence-electron chi connectivity index (χ4n) is 2.66. The Morgan fingerprint density at radius 1 is 0.848 bits per heavy atom. The van der Waals surface area contributed by atoms with Crippen molar-refractivity contribution >= 4 is 11.7 Å². The largest absolute Gasteiger partial charge is 0.489 e. The maximum absolute atomic E-state index is 11.2. The van der Waals surface area contributed by atoms with Gasteiger partial charge in [-0.25, -0.2) is 4.79 Å². The van der Waals surface area contributed by atoms with Crippen LogP contribution in [0.1, 0.15) is 51.7 Å². The molecule has 5 heteroatoms. The normalized spacial score (nSPS) is 10.5. The van der Waals surface area contributed by atoms with Gasteiger partial charge in [-0.15, -0.1) is 0 Å². The highest BCUT2D eigenvalue weighted by Crippen LogP contribution is 2.23. The zero-order chi connectivity index (χ0) is 24.1. The fraction of sp³-hybridized carbons (Fsp3) is 0.321. The van der Waals surface area contributed by atoms with Crippen LogP contribution in [0.3, 0.4) is 0 Å². The van der Waals surface area contributed by atoms with E-state index in [0.717, 1.165) is 22.6 Å². The van der Waals surface area contributed by atoms with Gasteiger partial charge in [0.2, 0.25) is 0 Å². The second-order valence-electron chi connectivity index (χ2n) is 8.22. The lowest BCUT2D eigenvalue weighted by Gasteiger charge is -2.22. The molecular formula is C28H35NO4. The summed E-state index contributed by atoms with van der Waals surface area (Å²) >= 11 is 0. The zero-order valence-electron chi connectivity index (χ0n) is 20.0. The van der Waals surface area contributed by atoms with Crippen LogP contribution in [0.15, 0.2) is 78.9 Å². The van der Waals surface area contributed by atoms with Crippen LogP contribution >= 0.6 is 0 Å². The molecule has 0 aliphatic heterocycles. The summed E-state index contributed by atoms with van der Waals surface area (Å²) in [7, 11) is 0. The van der Waals surface area contributed by atoms with Gasteiger partial charge in [0, 0.05) is 18.3 Å². The molecule has 0 bridgehead atoms. The molecule has 0 aliphatic carbocycles. The predicted octanol–water partition coefficient (Wildman–Crippen LogP) is 6.93. The quantitative estimate of drug-likeness (QED) is 0.351. The molecule has 0 saturated heterocycles. The number of carboxylic acid groups (broad SMARTS) is 1. The Morgan fingerprint density at radius 2 is 1.52 bits per heavy atom. The Kier molecular flexibility index (Phi) is 10.3. The number of anilines is 1. The van der Waals surface area contributed by atoms with E-state index in [0.29, 0.717) is 18.9 Å². The molecule has 0 aliphatic rings. The highest BCUT2D eigenvalue weighted by Gasteiger charge is 2.29. The van der Waals surface area contributed by atoms with Crippen LogP contribution in [0.4, 0.5) is 5.69 Å². The number of rotatable bonds is 10. The van der Waals surface area contributed by atoms with Crippen molar-refractivity contribution in [1.29, 1.82) is 0 Å². The first kappa shape index (κ1) is 25.8. The first-order valence-corrected chi connectivity index (χ1v) is 11.4. The topological polar surface area (TPSA) is 67.8 Å². The van der Waals surface area contributed by atoms with Crippen molar-refractivity contribution in [2.24, 2.45) is 0 Å². The van der Waals surface area contributed by atoms with E-state index in [1.54, 1.807) is 12.1 Å². The molecule has 176 valence electrons. The summed E-state index contributed by atoms with van der Waals surface area (Å²) < 4.78 is 11.4. The minimum absolute atomic E-state index is 0.507. The van der Waals surface area contributed by atoms with Crippen LogP contribution < -0.4 is 14.8 Å². The Labute approximate surface area is 197 Å². The van der Waals surface area contributed by atoms with Crippen molar-refractivity contribution in [2.45, 2.75) is 59.3 Å². The molecule has 0 spiro atoms. The van der Waals surface area contributed by atoms with E-state index in [2.05, 4.69) is 19.2 Å². The fourth-order valence-corrected chi connectivity index (χ4v) is 2.66. The smallest absolute Gasteiger partial charge is 0.347 e. The van der Waals surface area contributed by atoms with Crippen molar-refractivity contribution < 1.29 is 19.4 Å². The third kappa shape index (κ3) is 9.27. The van der Waals surface area contributed by atoms with Crippen LogP contribution in [0, 0.1) is 0 Å². The van der Waals surface area contributed by atoms with E-state index in [-0.39, 0.29) is 0 Å². The van der Waals surface area contributed by atoms with E-state index >= 15 is 0 Å². The maximum atomic E-state index is 11.2. The average Bonchev–Trinajstić information content (AvgIpc) is 2.83. The van der Waals surface area contributed by atoms with E-state index in [9.17, 15) is 9.90 Å². The number of aliphatic carboxylic acids is 1. The molecule has 3 aromatic rings. The van der Waals surface area contributed by atoms with Gasteiger partial charge in [0.1, 0.15) is 18.1 Å². The average molecular weight is 450 g/mol. The molecular weight excluding hydrogens is 414 g/mol. The molecule has 3 aromatic carbocycles. The Balaban J connectivity index is 0.000000890. The molecule has 0 fully saturated rings. The van der Waals surface area contributed by atoms with Crippen LogP contribution in [0.25, 0.3) is 0 Å². The number of nitrogens with one attached hydrogen (secondary N) is 1. The minimum Gasteiger partial charge on any atom is -0.489 e. The summed E-state index contributed by atoms with van der Waals surface area (Å²) in [5, 5.41) is 12.5. The van der Waals surface area contributed by atoms with Crippen LogP contribution in [0.5, 0.6) is 11.5 Å². The molecule has 3 rings (SSSR count). The molecule has 0 atom stereocenters. The lowest BCUT2D eigenvalue weighted by Crippen LogP contribution is -2.37. The van der Waals surface area contributed by atoms with Gasteiger partial charge in [-0.3, -0.25) is 0 Å². The lowest BCUT2D eigenvalue weighted by molar-refractivity contribution is -0.152. The van der Waals surface area contributed by atoms with Gasteiger partial charge in [-0.1, -0.05) is 75.2 Å². The summed E-state index contributed by atoms with van der Waals surface area (Å²) in [5.41, 5.74) is 1.81. The van der Waals surface area contributed by atoms with Gasteiger partial charge in [0.15, 0.2) is 5.60 Å². The van der Waals surface area contributed by atoms with Gasteiger partial charge in [-0.2, -0.15) is 0 Å². The molecule has 0 radical (unpaired) electrons. The van der Waals surface area contributed by atoms with Crippen molar-refractivity contribution in [3.63, 3.8) is 0 Å². The molecule has 0 heterocycles. The number of benzene rings is 3. The molecule has 33 heavy (non-hydrogen) atoms. The van der Waals surface area contributed by atoms with Gasteiger partial charge in [0.25, 0.3) is 0 Å². The Hall–Kier alpha value is -3.47. The summed E-state index contributed by atoms with van der Waals surface area (Å²) in [4.78, 5) is 11.2. The number of hydrogen-bond acceptors (Lipinski definition) is 4. The molecule has 0 unspecified atom stereocenters. The Bertz CT molecular complexity index is 967. The zero-order valence-corrected chi connectivity index (χ0v) is 20.0. The van der Waals surface area contributed by atoms with Crippen molar-refractivity contribution in [3.05, 3.63) is 90.0 Å². The second-order valence-corrected chi connectivity index (χ2v) is 8.22. The van der Waals surface area contributed by atoms with Crippen molar-refractivity contribution in [3.8, 4) is 11.5 Å². The standard InChI is InChI=1S/C24H25NO4.C4H10/c1-24(2,23(26)27)29-22-10-6-9-20(15-22)25-16-18-11-13-21(14-12-18)28-17-19-7-4-3-5-8-19;1-3-4-2/h3-15,25H,16-17H2,1-2H3,(H,26,27);3-4H2,1-2H3. The minimum atomic E-state index is -1.28. The van der Waals surface area contributed by atoms with E-state index in [1.165, 1.54) is 26.7 Å². The third-order valence-corrected chi connectivity index (χ3v) is 4.89. The molecule has 0 amide bonds. The second kappa shape index (κ2) is 13.2. The molecule has 2 N–H and O–H groups in total. The van der Waals surface area contributed by atoms with Crippen LogP contribution in [-0.2, 0) is 17.9 Å². The summed E-state index contributed by atoms with van der Waals surface area (Å²) in [5.74, 6) is 0.321. The monoisotopic (exact) mass is 449 g/mol. The van der Waals surface area contributed by atoms with Crippen molar-refractivity contribution in [1.82, 2.24) is 0 Å². The highest BCUT2D eigenvalue weighted by atomic mass is 16.5. The van der Waals surface area contributed by atoms with Gasteiger partial charge >= 0.3 is 5.97 Å². The number of carbonyl (C=O) groups is 1. The van der Waals surface area contributed by atoms with Crippen LogP contribution in [-0.4, -0.2) is 16.7 Å². The third-order valence-electron chi connectivity index (χ3n) is 4.89. The number of unbranched alkanes of at least 4 members (excludes halogenated alkanes) is 1. The van der Waals surface area contributed by atoms with Gasteiger partial charge in [-0.05, 0) is 49.2 Å². The van der Waals surface area contributed by atoms with E-state index < -0.39 is 11.6 Å². The Morgan fingerprint density at radius 3 is 2.12 bits per heavy atom. The molecule has 5 nitrogen and oxygen atoms in total. The summed E-state index contributed by atoms with van der Waals surface area (Å²) in [6.07, 6.45) is 2.64. The number of hydrogen-bond donors (Lipinski definition) is 2. The molecule has 0 aromatic heterocycles. The number of carboxylic acids is 1. The van der Waals surface area contributed by atoms with Crippen LogP contribution in [0.2, 0.25) is 0 Å². The van der Waals surface area contributed by atoms with Crippen molar-refractivity contribution in [2.75, 3.05) is 5.32 Å². The van der Waals surface area contributed by atoms with E-state index in [4.69, 9.17) is 9.47 Å². The first-order valence-electron chi connectivity index (χ1n) is 11.4. The highest BCUT2D eigenvalue weighted by molar-refractivity contribution is 5.76. The first-order chi connectivity index (χ1) is 15.8. The van der Waals surface area contributed by atoms with Gasteiger partial charge < -0.3 is 19.9 Å². The van der Waals surface area contributed by atoms with Gasteiger partial charge in [0.05, 0.1) is 0 Å². The summed E-state index contributed by atoms with van der Waals surface area (Å²) in [6, 6.07) is 25.3. The summed E-state index contributed by atoms with van der Waals surface area (Å²) in [6.45, 7) is 8.58. The molecule has 0 saturated carbocycles. The predicted molar refractivity (Wildman–Crippen MR) is 134 cm³/mol. The maximum Gasteiger partial charge on any atom is 0.347 e. The SMILES string of the molecule is CC(C)(Oc1cccc(NCc2ccc(OCc3ccccc3)cc2)c1)C(=O)O.CCCC.